The number of carbonyl (C=O) groups is 2. The van der Waals surface area contributed by atoms with E-state index < -0.39 is 34.3 Å². The van der Waals surface area contributed by atoms with Crippen LogP contribution < -0.4 is 9.62 Å². The average molecular weight is 566 g/mol. The first kappa shape index (κ1) is 29.3. The Morgan fingerprint density at radius 2 is 1.52 bits per heavy atom. The van der Waals surface area contributed by atoms with Crippen LogP contribution in [0.1, 0.15) is 44.6 Å². The lowest BCUT2D eigenvalue weighted by atomic mass is 10.1. The quantitative estimate of drug-likeness (QED) is 0.338. The number of nitrogens with one attached hydrogen (secondary N) is 1. The van der Waals surface area contributed by atoms with Crippen LogP contribution in [-0.2, 0) is 26.0 Å². The summed E-state index contributed by atoms with van der Waals surface area (Å²) in [6.07, 6.45) is 4.81. The number of hydrogen-bond donors (Lipinski definition) is 1. The Balaban J connectivity index is 1.65. The summed E-state index contributed by atoms with van der Waals surface area (Å²) in [7, 11) is -4.17. The lowest BCUT2D eigenvalue weighted by Gasteiger charge is -2.33. The van der Waals surface area contributed by atoms with E-state index in [0.717, 1.165) is 47.7 Å². The van der Waals surface area contributed by atoms with Gasteiger partial charge < -0.3 is 10.2 Å². The minimum atomic E-state index is -4.17. The van der Waals surface area contributed by atoms with E-state index >= 15 is 0 Å². The zero-order valence-corrected chi connectivity index (χ0v) is 23.5. The Morgan fingerprint density at radius 1 is 0.925 bits per heavy atom. The highest BCUT2D eigenvalue weighted by Crippen LogP contribution is 2.25. The van der Waals surface area contributed by atoms with Crippen LogP contribution in [0.15, 0.2) is 89.8 Å². The number of anilines is 1. The summed E-state index contributed by atoms with van der Waals surface area (Å²) in [5.74, 6) is -1.26. The lowest BCUT2D eigenvalue weighted by molar-refractivity contribution is -0.139. The molecular formula is C31H36FN3O4S. The SMILES string of the molecule is CC[C@@H](C(=O)NC1CCCC1)N(CCc1ccccc1)C(=O)CN(c1ccc(F)cc1)S(=O)(=O)c1ccccc1. The fourth-order valence-corrected chi connectivity index (χ4v) is 6.55. The van der Waals surface area contributed by atoms with Gasteiger partial charge in [0.05, 0.1) is 10.6 Å². The molecule has 4 rings (SSSR count). The van der Waals surface area contributed by atoms with Gasteiger partial charge in [-0.1, -0.05) is 68.3 Å². The predicted molar refractivity (Wildman–Crippen MR) is 154 cm³/mol. The van der Waals surface area contributed by atoms with Gasteiger partial charge in [-0.2, -0.15) is 0 Å². The molecule has 212 valence electrons. The number of sulfonamides is 1. The number of rotatable bonds is 12. The van der Waals surface area contributed by atoms with Crippen molar-refractivity contribution in [2.45, 2.75) is 62.4 Å². The molecule has 1 aliphatic carbocycles. The first-order valence-electron chi connectivity index (χ1n) is 13.8. The van der Waals surface area contributed by atoms with Crippen molar-refractivity contribution in [3.8, 4) is 0 Å². The third kappa shape index (κ3) is 7.27. The normalized spacial score (nSPS) is 14.4. The fraction of sp³-hybridized carbons (Fsp3) is 0.355. The van der Waals surface area contributed by atoms with Crippen LogP contribution in [0.2, 0.25) is 0 Å². The van der Waals surface area contributed by atoms with Gasteiger partial charge in [-0.15, -0.1) is 0 Å². The van der Waals surface area contributed by atoms with Crippen molar-refractivity contribution in [1.82, 2.24) is 10.2 Å². The van der Waals surface area contributed by atoms with E-state index in [0.29, 0.717) is 12.8 Å². The van der Waals surface area contributed by atoms with Gasteiger partial charge in [0.1, 0.15) is 18.4 Å². The molecule has 0 spiro atoms. The van der Waals surface area contributed by atoms with Crippen molar-refractivity contribution in [1.29, 1.82) is 0 Å². The van der Waals surface area contributed by atoms with Crippen molar-refractivity contribution in [3.05, 3.63) is 96.3 Å². The van der Waals surface area contributed by atoms with Gasteiger partial charge in [-0.3, -0.25) is 13.9 Å². The number of benzene rings is 3. The van der Waals surface area contributed by atoms with Crippen molar-refractivity contribution >= 4 is 27.5 Å². The monoisotopic (exact) mass is 565 g/mol. The van der Waals surface area contributed by atoms with Gasteiger partial charge >= 0.3 is 0 Å². The number of halogens is 1. The van der Waals surface area contributed by atoms with E-state index in [1.54, 1.807) is 18.2 Å². The number of nitrogens with zero attached hydrogens (tertiary/aromatic N) is 2. The third-order valence-corrected chi connectivity index (χ3v) is 9.08. The molecular weight excluding hydrogens is 529 g/mol. The van der Waals surface area contributed by atoms with Crippen molar-refractivity contribution in [3.63, 3.8) is 0 Å². The molecule has 1 N–H and O–H groups in total. The molecule has 1 aliphatic rings. The first-order chi connectivity index (χ1) is 19.3. The molecule has 1 atom stereocenters. The molecule has 3 aromatic carbocycles. The smallest absolute Gasteiger partial charge is 0.264 e. The Hall–Kier alpha value is -3.72. The van der Waals surface area contributed by atoms with Gasteiger partial charge in [0.25, 0.3) is 10.0 Å². The van der Waals surface area contributed by atoms with Crippen LogP contribution >= 0.6 is 0 Å². The van der Waals surface area contributed by atoms with E-state index in [9.17, 15) is 22.4 Å². The molecule has 0 bridgehead atoms. The zero-order valence-electron chi connectivity index (χ0n) is 22.7. The van der Waals surface area contributed by atoms with Crippen LogP contribution in [0, 0.1) is 5.82 Å². The second-order valence-electron chi connectivity index (χ2n) is 10.0. The van der Waals surface area contributed by atoms with E-state index in [4.69, 9.17) is 0 Å². The van der Waals surface area contributed by atoms with Crippen LogP contribution in [0.4, 0.5) is 10.1 Å². The fourth-order valence-electron chi connectivity index (χ4n) is 5.12. The second kappa shape index (κ2) is 13.6. The van der Waals surface area contributed by atoms with Gasteiger partial charge in [-0.05, 0) is 67.6 Å². The molecule has 0 aliphatic heterocycles. The zero-order chi connectivity index (χ0) is 28.5. The van der Waals surface area contributed by atoms with Gasteiger partial charge in [0.2, 0.25) is 11.8 Å². The molecule has 0 heterocycles. The Morgan fingerprint density at radius 3 is 2.12 bits per heavy atom. The van der Waals surface area contributed by atoms with Crippen LogP contribution in [0.3, 0.4) is 0 Å². The molecule has 0 saturated heterocycles. The van der Waals surface area contributed by atoms with Crippen molar-refractivity contribution in [2.24, 2.45) is 0 Å². The highest BCUT2D eigenvalue weighted by Gasteiger charge is 2.34. The van der Waals surface area contributed by atoms with Gasteiger partial charge in [-0.25, -0.2) is 12.8 Å². The largest absolute Gasteiger partial charge is 0.352 e. The lowest BCUT2D eigenvalue weighted by Crippen LogP contribution is -2.54. The minimum Gasteiger partial charge on any atom is -0.352 e. The Bertz CT molecular complexity index is 1360. The number of amides is 2. The molecule has 3 aromatic rings. The van der Waals surface area contributed by atoms with Gasteiger partial charge in [0.15, 0.2) is 0 Å². The van der Waals surface area contributed by atoms with E-state index in [-0.39, 0.29) is 29.1 Å². The number of hydrogen-bond acceptors (Lipinski definition) is 4. The van der Waals surface area contributed by atoms with E-state index in [2.05, 4.69) is 5.32 Å². The summed E-state index contributed by atoms with van der Waals surface area (Å²) in [4.78, 5) is 28.9. The summed E-state index contributed by atoms with van der Waals surface area (Å²) in [5.41, 5.74) is 1.16. The Kier molecular flexibility index (Phi) is 9.93. The molecule has 1 fully saturated rings. The highest BCUT2D eigenvalue weighted by atomic mass is 32.2. The van der Waals surface area contributed by atoms with Crippen molar-refractivity contribution in [2.75, 3.05) is 17.4 Å². The molecule has 2 amide bonds. The standard InChI is InChI=1S/C31H36FN3O4S/c1-2-29(31(37)33-26-13-9-10-14-26)34(22-21-24-11-5-3-6-12-24)30(36)23-35(27-19-17-25(32)18-20-27)40(38,39)28-15-7-4-8-16-28/h3-8,11-12,15-20,26,29H,2,9-10,13-14,21-23H2,1H3,(H,33,37)/t29-/m0/s1. The maximum absolute atomic E-state index is 14.0. The highest BCUT2D eigenvalue weighted by molar-refractivity contribution is 7.92. The van der Waals surface area contributed by atoms with Gasteiger partial charge in [0, 0.05) is 12.6 Å². The maximum atomic E-state index is 14.0. The van der Waals surface area contributed by atoms with Crippen LogP contribution in [0.25, 0.3) is 0 Å². The summed E-state index contributed by atoms with van der Waals surface area (Å²) in [6.45, 7) is 1.55. The predicted octanol–water partition coefficient (Wildman–Crippen LogP) is 4.93. The van der Waals surface area contributed by atoms with E-state index in [1.807, 2.05) is 37.3 Å². The average Bonchev–Trinajstić information content (AvgIpc) is 3.48. The summed E-state index contributed by atoms with van der Waals surface area (Å²) in [6, 6.07) is 21.8. The topological polar surface area (TPSA) is 86.8 Å². The second-order valence-corrected chi connectivity index (χ2v) is 11.9. The summed E-state index contributed by atoms with van der Waals surface area (Å²) in [5, 5.41) is 3.10. The molecule has 0 aromatic heterocycles. The first-order valence-corrected chi connectivity index (χ1v) is 15.2. The van der Waals surface area contributed by atoms with Crippen molar-refractivity contribution < 1.29 is 22.4 Å². The van der Waals surface area contributed by atoms with E-state index in [1.165, 1.54) is 29.2 Å². The molecule has 40 heavy (non-hydrogen) atoms. The molecule has 0 radical (unpaired) electrons. The van der Waals surface area contributed by atoms with Crippen LogP contribution in [-0.4, -0.2) is 50.3 Å². The molecule has 1 saturated carbocycles. The maximum Gasteiger partial charge on any atom is 0.264 e. The minimum absolute atomic E-state index is 0.00831. The third-order valence-electron chi connectivity index (χ3n) is 7.30. The summed E-state index contributed by atoms with van der Waals surface area (Å²) < 4.78 is 42.2. The van der Waals surface area contributed by atoms with Crippen LogP contribution in [0.5, 0.6) is 0 Å². The molecule has 9 heteroatoms. The Labute approximate surface area is 236 Å². The molecule has 7 nitrogen and oxygen atoms in total. The summed E-state index contributed by atoms with van der Waals surface area (Å²) >= 11 is 0. The number of carbonyl (C=O) groups excluding carboxylic acids is 2. The molecule has 0 unspecified atom stereocenters.